The first-order chi connectivity index (χ1) is 16.0. The maximum atomic E-state index is 11.5. The second-order valence-electron chi connectivity index (χ2n) is 7.48. The predicted octanol–water partition coefficient (Wildman–Crippen LogP) is 6.68. The molecule has 0 fully saturated rings. The van der Waals surface area contributed by atoms with Crippen molar-refractivity contribution in [1.29, 1.82) is 0 Å². The van der Waals surface area contributed by atoms with Crippen LogP contribution in [-0.4, -0.2) is 22.8 Å². The summed E-state index contributed by atoms with van der Waals surface area (Å²) in [6.07, 6.45) is 3.86. The molecule has 0 unspecified atom stereocenters. The lowest BCUT2D eigenvalue weighted by Gasteiger charge is -2.15. The van der Waals surface area contributed by atoms with Gasteiger partial charge >= 0.3 is 5.97 Å². The first kappa shape index (κ1) is 22.0. The van der Waals surface area contributed by atoms with E-state index in [2.05, 4.69) is 0 Å². The third-order valence-electron chi connectivity index (χ3n) is 5.13. The Morgan fingerprint density at radius 2 is 1.61 bits per heavy atom. The smallest absolute Gasteiger partial charge is 0.309 e. The van der Waals surface area contributed by atoms with Gasteiger partial charge in [0.2, 0.25) is 0 Å². The summed E-state index contributed by atoms with van der Waals surface area (Å²) in [5.41, 5.74) is 2.70. The lowest BCUT2D eigenvalue weighted by molar-refractivity contribution is -0.142. The lowest BCUT2D eigenvalue weighted by Crippen LogP contribution is -2.01. The molecule has 5 heteroatoms. The largest absolute Gasteiger partial charge is 0.508 e. The lowest BCUT2D eigenvalue weighted by atomic mass is 9.99. The number of carbonyl (C=O) groups excluding carboxylic acids is 1. The molecule has 2 N–H and O–H groups in total. The van der Waals surface area contributed by atoms with Gasteiger partial charge in [-0.25, -0.2) is 0 Å². The summed E-state index contributed by atoms with van der Waals surface area (Å²) in [5, 5.41) is 21.3. The number of hydrogen-bond donors (Lipinski definition) is 2. The molecule has 4 aromatic carbocycles. The Morgan fingerprint density at radius 3 is 2.33 bits per heavy atom. The molecule has 0 radical (unpaired) electrons. The summed E-state index contributed by atoms with van der Waals surface area (Å²) in [6, 6.07) is 23.5. The van der Waals surface area contributed by atoms with Crippen molar-refractivity contribution in [3.63, 3.8) is 0 Å². The molecule has 5 nitrogen and oxygen atoms in total. The second kappa shape index (κ2) is 9.92. The zero-order valence-corrected chi connectivity index (χ0v) is 18.2. The summed E-state index contributed by atoms with van der Waals surface area (Å²) < 4.78 is 11.3. The van der Waals surface area contributed by atoms with E-state index in [0.717, 1.165) is 27.5 Å². The number of esters is 1. The molecule has 0 aromatic heterocycles. The molecular formula is C28H24O5. The van der Waals surface area contributed by atoms with E-state index < -0.39 is 0 Å². The Morgan fingerprint density at radius 1 is 0.879 bits per heavy atom. The Balaban J connectivity index is 1.64. The normalized spacial score (nSPS) is 11.1. The summed E-state index contributed by atoms with van der Waals surface area (Å²) in [6.45, 7) is 2.16. The summed E-state index contributed by atoms with van der Waals surface area (Å²) in [7, 11) is 0. The number of phenols is 2. The zero-order chi connectivity index (χ0) is 23.2. The second-order valence-corrected chi connectivity index (χ2v) is 7.48. The highest BCUT2D eigenvalue weighted by atomic mass is 16.5. The number of fused-ring (bicyclic) bond motifs is 1. The van der Waals surface area contributed by atoms with Crippen LogP contribution in [-0.2, 0) is 9.53 Å². The van der Waals surface area contributed by atoms with Gasteiger partial charge in [-0.2, -0.15) is 0 Å². The van der Waals surface area contributed by atoms with E-state index >= 15 is 0 Å². The Labute approximate surface area is 192 Å². The van der Waals surface area contributed by atoms with Crippen LogP contribution in [0.25, 0.3) is 28.0 Å². The fraction of sp³-hybridized carbons (Fsp3) is 0.107. The molecule has 4 aromatic rings. The van der Waals surface area contributed by atoms with Crippen LogP contribution in [0.1, 0.15) is 18.9 Å². The number of phenolic OH excluding ortho intramolecular Hbond substituents is 2. The van der Waals surface area contributed by atoms with Crippen molar-refractivity contribution in [2.75, 3.05) is 6.61 Å². The first-order valence-electron chi connectivity index (χ1n) is 10.7. The van der Waals surface area contributed by atoms with Crippen LogP contribution in [0.4, 0.5) is 0 Å². The number of hydrogen-bond acceptors (Lipinski definition) is 5. The Bertz CT molecular complexity index is 1290. The van der Waals surface area contributed by atoms with E-state index in [1.165, 1.54) is 0 Å². The first-order valence-corrected chi connectivity index (χ1v) is 10.7. The van der Waals surface area contributed by atoms with Gasteiger partial charge in [0, 0.05) is 10.9 Å². The average molecular weight is 440 g/mol. The molecule has 0 aliphatic carbocycles. The van der Waals surface area contributed by atoms with Gasteiger partial charge in [-0.05, 0) is 72.0 Å². The molecule has 0 heterocycles. The van der Waals surface area contributed by atoms with Crippen LogP contribution >= 0.6 is 0 Å². The van der Waals surface area contributed by atoms with Gasteiger partial charge < -0.3 is 19.7 Å². The van der Waals surface area contributed by atoms with E-state index in [4.69, 9.17) is 9.47 Å². The molecule has 0 bridgehead atoms. The number of benzene rings is 4. The quantitative estimate of drug-likeness (QED) is 0.314. The molecule has 33 heavy (non-hydrogen) atoms. The van der Waals surface area contributed by atoms with Crippen molar-refractivity contribution in [2.24, 2.45) is 0 Å². The number of carbonyl (C=O) groups is 1. The fourth-order valence-corrected chi connectivity index (χ4v) is 3.54. The van der Waals surface area contributed by atoms with E-state index in [0.29, 0.717) is 18.1 Å². The van der Waals surface area contributed by atoms with Gasteiger partial charge in [-0.15, -0.1) is 0 Å². The standard InChI is InChI=1S/C28H24O5/c1-2-32-27(31)5-3-4-19-6-14-24(15-7-19)33-28-25(20-8-11-22(29)12-9-20)16-10-21-18-23(30)13-17-26(21)28/h3-4,6-18,29-30H,2,5H2,1H3. The molecule has 0 amide bonds. The highest BCUT2D eigenvalue weighted by molar-refractivity contribution is 5.96. The minimum Gasteiger partial charge on any atom is -0.508 e. The molecule has 0 spiro atoms. The van der Waals surface area contributed by atoms with Crippen molar-refractivity contribution in [3.8, 4) is 34.1 Å². The highest BCUT2D eigenvalue weighted by Crippen LogP contribution is 2.40. The monoisotopic (exact) mass is 440 g/mol. The Kier molecular flexibility index (Phi) is 6.60. The third-order valence-corrected chi connectivity index (χ3v) is 5.13. The summed E-state index contributed by atoms with van der Waals surface area (Å²) >= 11 is 0. The third kappa shape index (κ3) is 5.33. The SMILES string of the molecule is CCOC(=O)CC=Cc1ccc(Oc2c(-c3ccc(O)cc3)ccc3cc(O)ccc23)cc1. The van der Waals surface area contributed by atoms with Crippen LogP contribution in [0.15, 0.2) is 84.9 Å². The maximum Gasteiger partial charge on any atom is 0.309 e. The van der Waals surface area contributed by atoms with Gasteiger partial charge in [0.15, 0.2) is 0 Å². The zero-order valence-electron chi connectivity index (χ0n) is 18.2. The minimum absolute atomic E-state index is 0.185. The summed E-state index contributed by atoms with van der Waals surface area (Å²) in [5.74, 6) is 1.43. The van der Waals surface area contributed by atoms with Crippen LogP contribution in [0.5, 0.6) is 23.0 Å². The van der Waals surface area contributed by atoms with E-state index in [1.54, 1.807) is 37.3 Å². The maximum absolute atomic E-state index is 11.5. The van der Waals surface area contributed by atoms with Crippen LogP contribution < -0.4 is 4.74 Å². The number of rotatable bonds is 7. The van der Waals surface area contributed by atoms with Crippen molar-refractivity contribution in [2.45, 2.75) is 13.3 Å². The topological polar surface area (TPSA) is 76.0 Å². The molecule has 4 rings (SSSR count). The van der Waals surface area contributed by atoms with Crippen molar-refractivity contribution in [1.82, 2.24) is 0 Å². The number of ether oxygens (including phenoxy) is 2. The van der Waals surface area contributed by atoms with Gasteiger partial charge in [0.25, 0.3) is 0 Å². The van der Waals surface area contributed by atoms with E-state index in [1.807, 2.05) is 60.7 Å². The molecule has 0 atom stereocenters. The van der Waals surface area contributed by atoms with Crippen molar-refractivity contribution >= 4 is 22.8 Å². The van der Waals surface area contributed by atoms with Crippen LogP contribution in [0.2, 0.25) is 0 Å². The van der Waals surface area contributed by atoms with E-state index in [-0.39, 0.29) is 23.9 Å². The van der Waals surface area contributed by atoms with Gasteiger partial charge in [0.1, 0.15) is 23.0 Å². The van der Waals surface area contributed by atoms with Crippen LogP contribution in [0.3, 0.4) is 0 Å². The molecule has 0 saturated heterocycles. The number of aromatic hydroxyl groups is 2. The predicted molar refractivity (Wildman–Crippen MR) is 130 cm³/mol. The van der Waals surface area contributed by atoms with Gasteiger partial charge in [-0.3, -0.25) is 4.79 Å². The Hall–Kier alpha value is -4.25. The fourth-order valence-electron chi connectivity index (χ4n) is 3.54. The summed E-state index contributed by atoms with van der Waals surface area (Å²) in [4.78, 5) is 11.5. The van der Waals surface area contributed by atoms with Crippen molar-refractivity contribution < 1.29 is 24.5 Å². The van der Waals surface area contributed by atoms with Crippen LogP contribution in [0, 0.1) is 0 Å². The minimum atomic E-state index is -0.252. The van der Waals surface area contributed by atoms with Crippen molar-refractivity contribution in [3.05, 3.63) is 90.5 Å². The molecular weight excluding hydrogens is 416 g/mol. The molecule has 0 saturated carbocycles. The molecule has 0 aliphatic rings. The molecule has 0 aliphatic heterocycles. The van der Waals surface area contributed by atoms with E-state index in [9.17, 15) is 15.0 Å². The highest BCUT2D eigenvalue weighted by Gasteiger charge is 2.13. The van der Waals surface area contributed by atoms with Gasteiger partial charge in [-0.1, -0.05) is 42.5 Å². The van der Waals surface area contributed by atoms with Gasteiger partial charge in [0.05, 0.1) is 13.0 Å². The molecule has 166 valence electrons. The average Bonchev–Trinajstić information content (AvgIpc) is 2.81.